The van der Waals surface area contributed by atoms with Gasteiger partial charge in [-0.15, -0.1) is 0 Å². The first kappa shape index (κ1) is 14.3. The van der Waals surface area contributed by atoms with Crippen molar-refractivity contribution in [2.24, 2.45) is 23.0 Å². The average Bonchev–Trinajstić information content (AvgIpc) is 3.07. The smallest absolute Gasteiger partial charge is 0.241 e. The first-order valence-corrected chi connectivity index (χ1v) is 7.74. The highest BCUT2D eigenvalue weighted by atomic mass is 16.5. The van der Waals surface area contributed by atoms with Crippen LogP contribution >= 0.6 is 0 Å². The second kappa shape index (κ2) is 4.97. The number of nitrogens with two attached hydrogens (primary N) is 1. The van der Waals surface area contributed by atoms with E-state index in [1.54, 1.807) is 0 Å². The highest BCUT2D eigenvalue weighted by molar-refractivity contribution is 5.89. The van der Waals surface area contributed by atoms with E-state index in [0.29, 0.717) is 12.5 Å². The first-order valence-electron chi connectivity index (χ1n) is 7.74. The number of hydrogen-bond donors (Lipinski definition) is 2. The fourth-order valence-corrected chi connectivity index (χ4v) is 4.19. The summed E-state index contributed by atoms with van der Waals surface area (Å²) < 4.78 is 11.1. The Balaban J connectivity index is 1.56. The summed E-state index contributed by atoms with van der Waals surface area (Å²) in [5.74, 6) is 0.751. The maximum absolute atomic E-state index is 12.6. The SMILES string of the molecule is CC1(C)C2OCCC2C1(N)C(=O)NCCC1CCOC1. The predicted molar refractivity (Wildman–Crippen MR) is 75.1 cm³/mol. The molecule has 3 aliphatic rings. The van der Waals surface area contributed by atoms with Crippen LogP contribution in [0.25, 0.3) is 0 Å². The summed E-state index contributed by atoms with van der Waals surface area (Å²) in [6, 6.07) is 0. The van der Waals surface area contributed by atoms with Crippen LogP contribution in [0.2, 0.25) is 0 Å². The maximum atomic E-state index is 12.6. The normalized spacial score (nSPS) is 42.0. The molecule has 3 rings (SSSR count). The topological polar surface area (TPSA) is 73.6 Å². The molecule has 0 aromatic rings. The zero-order valence-corrected chi connectivity index (χ0v) is 12.5. The van der Waals surface area contributed by atoms with E-state index in [1.807, 2.05) is 13.8 Å². The van der Waals surface area contributed by atoms with Crippen LogP contribution in [-0.4, -0.2) is 43.9 Å². The number of carbonyl (C=O) groups excluding carboxylic acids is 1. The summed E-state index contributed by atoms with van der Waals surface area (Å²) >= 11 is 0. The van der Waals surface area contributed by atoms with Crippen LogP contribution in [0.4, 0.5) is 0 Å². The molecule has 0 bridgehead atoms. The Morgan fingerprint density at radius 2 is 2.15 bits per heavy atom. The van der Waals surface area contributed by atoms with Gasteiger partial charge in [0.1, 0.15) is 5.54 Å². The molecule has 20 heavy (non-hydrogen) atoms. The highest BCUT2D eigenvalue weighted by Gasteiger charge is 2.71. The van der Waals surface area contributed by atoms with Crippen LogP contribution in [0, 0.1) is 17.3 Å². The van der Waals surface area contributed by atoms with Crippen molar-refractivity contribution < 1.29 is 14.3 Å². The number of carbonyl (C=O) groups is 1. The van der Waals surface area contributed by atoms with Crippen molar-refractivity contribution >= 4 is 5.91 Å². The third-order valence-electron chi connectivity index (χ3n) is 5.69. The lowest BCUT2D eigenvalue weighted by Gasteiger charge is -2.60. The molecule has 1 amide bonds. The molecule has 114 valence electrons. The monoisotopic (exact) mass is 282 g/mol. The van der Waals surface area contributed by atoms with Crippen LogP contribution in [-0.2, 0) is 14.3 Å². The number of rotatable bonds is 4. The lowest BCUT2D eigenvalue weighted by Crippen LogP contribution is -2.80. The minimum Gasteiger partial charge on any atom is -0.381 e. The highest BCUT2D eigenvalue weighted by Crippen LogP contribution is 2.58. The Hall–Kier alpha value is -0.650. The predicted octanol–water partition coefficient (Wildman–Crippen LogP) is 0.672. The van der Waals surface area contributed by atoms with Crippen LogP contribution in [0.1, 0.15) is 33.1 Å². The number of amides is 1. The van der Waals surface area contributed by atoms with Gasteiger partial charge in [-0.25, -0.2) is 0 Å². The van der Waals surface area contributed by atoms with Gasteiger partial charge in [0.25, 0.3) is 0 Å². The fourth-order valence-electron chi connectivity index (χ4n) is 4.19. The summed E-state index contributed by atoms with van der Waals surface area (Å²) in [6.45, 7) is 7.19. The van der Waals surface area contributed by atoms with Crippen LogP contribution in [0.5, 0.6) is 0 Å². The van der Waals surface area contributed by atoms with Gasteiger partial charge in [-0.05, 0) is 25.2 Å². The molecule has 3 fully saturated rings. The average molecular weight is 282 g/mol. The number of ether oxygens (including phenoxy) is 2. The first-order chi connectivity index (χ1) is 9.48. The molecule has 4 atom stereocenters. The van der Waals surface area contributed by atoms with Gasteiger partial charge in [0.05, 0.1) is 6.10 Å². The summed E-state index contributed by atoms with van der Waals surface area (Å²) in [7, 11) is 0. The molecule has 1 aliphatic carbocycles. The Labute approximate surface area is 120 Å². The number of fused-ring (bicyclic) bond motifs is 1. The van der Waals surface area contributed by atoms with Gasteiger partial charge < -0.3 is 20.5 Å². The summed E-state index contributed by atoms with van der Waals surface area (Å²) in [5.41, 5.74) is 5.43. The molecule has 0 aromatic carbocycles. The molecule has 1 saturated carbocycles. The second-order valence-electron chi connectivity index (χ2n) is 7.05. The fraction of sp³-hybridized carbons (Fsp3) is 0.933. The zero-order chi connectivity index (χ0) is 14.4. The van der Waals surface area contributed by atoms with E-state index in [-0.39, 0.29) is 23.3 Å². The molecule has 3 N–H and O–H groups in total. The van der Waals surface area contributed by atoms with E-state index in [9.17, 15) is 4.79 Å². The third-order valence-corrected chi connectivity index (χ3v) is 5.69. The minimum absolute atomic E-state index is 0.00633. The lowest BCUT2D eigenvalue weighted by atomic mass is 9.48. The molecule has 5 nitrogen and oxygen atoms in total. The van der Waals surface area contributed by atoms with Crippen molar-refractivity contribution in [3.05, 3.63) is 0 Å². The molecule has 2 saturated heterocycles. The van der Waals surface area contributed by atoms with Crippen molar-refractivity contribution in [3.63, 3.8) is 0 Å². The molecular weight excluding hydrogens is 256 g/mol. The van der Waals surface area contributed by atoms with E-state index >= 15 is 0 Å². The van der Waals surface area contributed by atoms with Crippen molar-refractivity contribution in [2.75, 3.05) is 26.4 Å². The molecule has 4 unspecified atom stereocenters. The van der Waals surface area contributed by atoms with Crippen molar-refractivity contribution in [1.29, 1.82) is 0 Å². The van der Waals surface area contributed by atoms with E-state index in [0.717, 1.165) is 39.1 Å². The Bertz CT molecular complexity index is 393. The van der Waals surface area contributed by atoms with E-state index in [1.165, 1.54) is 0 Å². The third kappa shape index (κ3) is 1.90. The maximum Gasteiger partial charge on any atom is 0.241 e. The van der Waals surface area contributed by atoms with E-state index in [2.05, 4.69) is 5.32 Å². The molecule has 2 heterocycles. The van der Waals surface area contributed by atoms with Gasteiger partial charge in [0.15, 0.2) is 0 Å². The van der Waals surface area contributed by atoms with Gasteiger partial charge in [-0.1, -0.05) is 13.8 Å². The number of nitrogens with one attached hydrogen (secondary N) is 1. The van der Waals surface area contributed by atoms with Crippen LogP contribution in [0.15, 0.2) is 0 Å². The van der Waals surface area contributed by atoms with Gasteiger partial charge in [0, 0.05) is 37.7 Å². The molecule has 5 heteroatoms. The van der Waals surface area contributed by atoms with Gasteiger partial charge >= 0.3 is 0 Å². The van der Waals surface area contributed by atoms with E-state index < -0.39 is 5.54 Å². The van der Waals surface area contributed by atoms with Crippen molar-refractivity contribution in [2.45, 2.75) is 44.8 Å². The molecule has 0 radical (unpaired) electrons. The quantitative estimate of drug-likeness (QED) is 0.795. The summed E-state index contributed by atoms with van der Waals surface area (Å²) in [6.07, 6.45) is 3.12. The van der Waals surface area contributed by atoms with Crippen LogP contribution in [0.3, 0.4) is 0 Å². The summed E-state index contributed by atoms with van der Waals surface area (Å²) in [4.78, 5) is 12.6. The summed E-state index contributed by atoms with van der Waals surface area (Å²) in [5, 5.41) is 3.05. The Morgan fingerprint density at radius 3 is 2.85 bits per heavy atom. The van der Waals surface area contributed by atoms with Gasteiger partial charge in [-0.3, -0.25) is 4.79 Å². The largest absolute Gasteiger partial charge is 0.381 e. The number of hydrogen-bond acceptors (Lipinski definition) is 4. The standard InChI is InChI=1S/C15H26N2O3/c1-14(2)12-11(5-8-20-12)15(14,16)13(18)17-6-3-10-4-7-19-9-10/h10-12H,3-9,16H2,1-2H3,(H,17,18). The van der Waals surface area contributed by atoms with Crippen LogP contribution < -0.4 is 11.1 Å². The second-order valence-corrected chi connectivity index (χ2v) is 7.05. The Kier molecular flexibility index (Phi) is 3.55. The van der Waals surface area contributed by atoms with Gasteiger partial charge in [-0.2, -0.15) is 0 Å². The molecule has 0 spiro atoms. The Morgan fingerprint density at radius 1 is 1.35 bits per heavy atom. The van der Waals surface area contributed by atoms with Gasteiger partial charge in [0.2, 0.25) is 5.91 Å². The zero-order valence-electron chi connectivity index (χ0n) is 12.5. The van der Waals surface area contributed by atoms with E-state index in [4.69, 9.17) is 15.2 Å². The molecule has 0 aromatic heterocycles. The molecule has 2 aliphatic heterocycles. The lowest BCUT2D eigenvalue weighted by molar-refractivity contribution is -0.175. The molecular formula is C15H26N2O3. The van der Waals surface area contributed by atoms with Crippen molar-refractivity contribution in [1.82, 2.24) is 5.32 Å². The minimum atomic E-state index is -0.777. The van der Waals surface area contributed by atoms with Crippen molar-refractivity contribution in [3.8, 4) is 0 Å².